The Balaban J connectivity index is 2.73. The second-order valence-electron chi connectivity index (χ2n) is 2.53. The van der Waals surface area contributed by atoms with Gasteiger partial charge in [0.05, 0.1) is 5.52 Å². The Morgan fingerprint density at radius 1 is 1.38 bits per heavy atom. The van der Waals surface area contributed by atoms with Gasteiger partial charge >= 0.3 is 0 Å². The van der Waals surface area contributed by atoms with Gasteiger partial charge in [-0.3, -0.25) is 0 Å². The van der Waals surface area contributed by atoms with E-state index in [9.17, 15) is 0 Å². The molecule has 2 aromatic rings. The zero-order valence-corrected chi connectivity index (χ0v) is 8.32. The number of nitrogens with zero attached hydrogens (tertiary/aromatic N) is 3. The number of hydrogen-bond acceptors (Lipinski definition) is 3. The van der Waals surface area contributed by atoms with Gasteiger partial charge in [0, 0.05) is 16.1 Å². The lowest BCUT2D eigenvalue weighted by atomic mass is 10.2. The van der Waals surface area contributed by atoms with Crippen LogP contribution in [0, 0.1) is 0 Å². The lowest BCUT2D eigenvalue weighted by molar-refractivity contribution is 1.19. The molecule has 1 aromatic heterocycles. The molecule has 0 N–H and O–H groups in total. The molecule has 0 amide bonds. The first-order valence-electron chi connectivity index (χ1n) is 3.68. The van der Waals surface area contributed by atoms with Crippen LogP contribution in [0.25, 0.3) is 10.9 Å². The van der Waals surface area contributed by atoms with Crippen molar-refractivity contribution in [2.24, 2.45) is 4.99 Å². The number of aliphatic imine (C=N–C) groups is 1. The van der Waals surface area contributed by atoms with Gasteiger partial charge in [0.2, 0.25) is 5.95 Å². The molecule has 1 heterocycles. The van der Waals surface area contributed by atoms with E-state index in [1.807, 2.05) is 18.2 Å². The fourth-order valence-corrected chi connectivity index (χ4v) is 1.45. The minimum Gasteiger partial charge on any atom is -0.228 e. The van der Waals surface area contributed by atoms with E-state index in [2.05, 4.69) is 37.6 Å². The molecule has 1 aromatic carbocycles. The summed E-state index contributed by atoms with van der Waals surface area (Å²) in [6, 6.07) is 5.81. The molecule has 0 saturated heterocycles. The first kappa shape index (κ1) is 8.31. The number of benzene rings is 1. The molecule has 0 fully saturated rings. The average molecular weight is 236 g/mol. The van der Waals surface area contributed by atoms with Crippen molar-refractivity contribution in [2.45, 2.75) is 0 Å². The molecule has 2 rings (SSSR count). The van der Waals surface area contributed by atoms with Gasteiger partial charge in [-0.15, -0.1) is 0 Å². The number of fused-ring (bicyclic) bond motifs is 1. The molecule has 0 radical (unpaired) electrons. The maximum Gasteiger partial charge on any atom is 0.249 e. The second kappa shape index (κ2) is 3.22. The molecule has 13 heavy (non-hydrogen) atoms. The molecule has 0 unspecified atom stereocenters. The third-order valence-electron chi connectivity index (χ3n) is 1.67. The first-order chi connectivity index (χ1) is 6.29. The van der Waals surface area contributed by atoms with Gasteiger partial charge in [0.1, 0.15) is 0 Å². The van der Waals surface area contributed by atoms with Crippen molar-refractivity contribution in [1.82, 2.24) is 9.97 Å². The molecule has 4 heteroatoms. The lowest BCUT2D eigenvalue weighted by Crippen LogP contribution is -1.82. The van der Waals surface area contributed by atoms with E-state index in [1.165, 1.54) is 0 Å². The van der Waals surface area contributed by atoms with Gasteiger partial charge in [-0.25, -0.2) is 15.0 Å². The molecular formula is C9H6BrN3. The zero-order valence-electron chi connectivity index (χ0n) is 6.74. The highest BCUT2D eigenvalue weighted by Crippen LogP contribution is 2.18. The number of hydrogen-bond donors (Lipinski definition) is 0. The van der Waals surface area contributed by atoms with E-state index in [1.54, 1.807) is 6.20 Å². The van der Waals surface area contributed by atoms with Gasteiger partial charge < -0.3 is 0 Å². The molecular weight excluding hydrogens is 230 g/mol. The summed E-state index contributed by atoms with van der Waals surface area (Å²) in [6.07, 6.45) is 1.73. The van der Waals surface area contributed by atoms with Gasteiger partial charge in [-0.2, -0.15) is 0 Å². The normalized spacial score (nSPS) is 10.2. The van der Waals surface area contributed by atoms with E-state index in [0.29, 0.717) is 5.95 Å². The maximum absolute atomic E-state index is 4.17. The van der Waals surface area contributed by atoms with Gasteiger partial charge in [-0.05, 0) is 24.9 Å². The summed E-state index contributed by atoms with van der Waals surface area (Å²) in [5.41, 5.74) is 0.876. The minimum absolute atomic E-state index is 0.412. The molecule has 3 nitrogen and oxygen atoms in total. The summed E-state index contributed by atoms with van der Waals surface area (Å²) < 4.78 is 1.02. The maximum atomic E-state index is 4.17. The number of rotatable bonds is 1. The van der Waals surface area contributed by atoms with Crippen LogP contribution in [-0.2, 0) is 0 Å². The molecule has 0 aliphatic rings. The van der Waals surface area contributed by atoms with E-state index in [-0.39, 0.29) is 0 Å². The van der Waals surface area contributed by atoms with Crippen molar-refractivity contribution in [2.75, 3.05) is 0 Å². The van der Waals surface area contributed by atoms with Crippen LogP contribution >= 0.6 is 15.9 Å². The van der Waals surface area contributed by atoms with Crippen LogP contribution in [0.3, 0.4) is 0 Å². The molecule has 64 valence electrons. The average Bonchev–Trinajstić information content (AvgIpc) is 2.17. The first-order valence-corrected chi connectivity index (χ1v) is 4.48. The summed E-state index contributed by atoms with van der Waals surface area (Å²) in [6.45, 7) is 3.37. The Hall–Kier alpha value is -1.29. The van der Waals surface area contributed by atoms with Crippen molar-refractivity contribution < 1.29 is 0 Å². The summed E-state index contributed by atoms with van der Waals surface area (Å²) in [7, 11) is 0. The molecule has 0 aliphatic carbocycles. The molecule has 0 aliphatic heterocycles. The third kappa shape index (κ3) is 1.58. The molecule has 0 atom stereocenters. The second-order valence-corrected chi connectivity index (χ2v) is 3.45. The van der Waals surface area contributed by atoms with Crippen LogP contribution in [0.2, 0.25) is 0 Å². The van der Waals surface area contributed by atoms with Crippen LogP contribution < -0.4 is 0 Å². The Labute approximate surface area is 83.7 Å². The molecule has 0 spiro atoms. The fourth-order valence-electron chi connectivity index (χ4n) is 1.07. The Morgan fingerprint density at radius 3 is 3.00 bits per heavy atom. The van der Waals surface area contributed by atoms with Crippen LogP contribution in [0.5, 0.6) is 0 Å². The van der Waals surface area contributed by atoms with E-state index >= 15 is 0 Å². The molecule has 0 saturated carbocycles. The molecule has 0 bridgehead atoms. The topological polar surface area (TPSA) is 38.1 Å². The van der Waals surface area contributed by atoms with Crippen LogP contribution in [0.15, 0.2) is 33.9 Å². The highest BCUT2D eigenvalue weighted by Gasteiger charge is 1.97. The number of aromatic nitrogens is 2. The van der Waals surface area contributed by atoms with Crippen LogP contribution in [0.1, 0.15) is 0 Å². The Morgan fingerprint density at radius 2 is 2.23 bits per heavy atom. The summed E-state index contributed by atoms with van der Waals surface area (Å²) >= 11 is 3.38. The van der Waals surface area contributed by atoms with Crippen molar-refractivity contribution in [3.63, 3.8) is 0 Å². The SMILES string of the molecule is C=Nc1ncc2cc(Br)ccc2n1. The quantitative estimate of drug-likeness (QED) is 0.714. The smallest absolute Gasteiger partial charge is 0.228 e. The van der Waals surface area contributed by atoms with Crippen molar-refractivity contribution in [3.8, 4) is 0 Å². The van der Waals surface area contributed by atoms with E-state index < -0.39 is 0 Å². The predicted molar refractivity (Wildman–Crippen MR) is 56.4 cm³/mol. The van der Waals surface area contributed by atoms with Gasteiger partial charge in [0.15, 0.2) is 0 Å². The highest BCUT2D eigenvalue weighted by molar-refractivity contribution is 9.10. The van der Waals surface area contributed by atoms with Gasteiger partial charge in [-0.1, -0.05) is 15.9 Å². The largest absolute Gasteiger partial charge is 0.249 e. The van der Waals surface area contributed by atoms with Crippen molar-refractivity contribution >= 4 is 39.5 Å². The summed E-state index contributed by atoms with van der Waals surface area (Å²) in [5.74, 6) is 0.412. The standard InChI is InChI=1S/C9H6BrN3/c1-11-9-12-5-6-4-7(10)2-3-8(6)13-9/h2-5H,1H2. The number of halogens is 1. The van der Waals surface area contributed by atoms with Gasteiger partial charge in [0.25, 0.3) is 0 Å². The zero-order chi connectivity index (χ0) is 9.26. The highest BCUT2D eigenvalue weighted by atomic mass is 79.9. The van der Waals surface area contributed by atoms with Crippen LogP contribution in [0.4, 0.5) is 5.95 Å². The third-order valence-corrected chi connectivity index (χ3v) is 2.16. The summed E-state index contributed by atoms with van der Waals surface area (Å²) in [5, 5.41) is 0.988. The van der Waals surface area contributed by atoms with E-state index in [4.69, 9.17) is 0 Å². The Bertz CT molecular complexity index is 467. The monoisotopic (exact) mass is 235 g/mol. The summed E-state index contributed by atoms with van der Waals surface area (Å²) in [4.78, 5) is 11.8. The fraction of sp³-hybridized carbons (Fsp3) is 0. The van der Waals surface area contributed by atoms with Crippen LogP contribution in [-0.4, -0.2) is 16.7 Å². The lowest BCUT2D eigenvalue weighted by Gasteiger charge is -1.97. The Kier molecular flexibility index (Phi) is 2.06. The van der Waals surface area contributed by atoms with Crippen molar-refractivity contribution in [1.29, 1.82) is 0 Å². The van der Waals surface area contributed by atoms with E-state index in [0.717, 1.165) is 15.4 Å². The minimum atomic E-state index is 0.412. The van der Waals surface area contributed by atoms with Crippen molar-refractivity contribution in [3.05, 3.63) is 28.9 Å². The predicted octanol–water partition coefficient (Wildman–Crippen LogP) is 2.72.